The lowest BCUT2D eigenvalue weighted by atomic mass is 10.2. The van der Waals surface area contributed by atoms with Crippen molar-refractivity contribution in [2.75, 3.05) is 5.32 Å². The van der Waals surface area contributed by atoms with Gasteiger partial charge in [-0.1, -0.05) is 25.7 Å². The Morgan fingerprint density at radius 2 is 2.00 bits per heavy atom. The summed E-state index contributed by atoms with van der Waals surface area (Å²) in [7, 11) is 0. The number of benzene rings is 1. The van der Waals surface area contributed by atoms with E-state index in [1.165, 1.54) is 0 Å². The Labute approximate surface area is 108 Å². The predicted octanol–water partition coefficient (Wildman–Crippen LogP) is 3.08. The molecule has 0 radical (unpaired) electrons. The number of rotatable bonds is 5. The van der Waals surface area contributed by atoms with Crippen molar-refractivity contribution < 1.29 is 4.79 Å². The maximum atomic E-state index is 11.6. The van der Waals surface area contributed by atoms with Crippen LogP contribution in [0.15, 0.2) is 24.3 Å². The first kappa shape index (κ1) is 13.8. The highest BCUT2D eigenvalue weighted by Crippen LogP contribution is 2.10. The third kappa shape index (κ3) is 5.18. The number of nitrogens with zero attached hydrogens (tertiary/aromatic N) is 1. The number of hydrogen-bond donors (Lipinski definition) is 1. The van der Waals surface area contributed by atoms with E-state index in [9.17, 15) is 4.79 Å². The van der Waals surface area contributed by atoms with Crippen LogP contribution in [0.5, 0.6) is 0 Å². The molecule has 0 bridgehead atoms. The molecule has 0 aliphatic rings. The van der Waals surface area contributed by atoms with E-state index in [4.69, 9.17) is 5.26 Å². The van der Waals surface area contributed by atoms with Gasteiger partial charge in [-0.2, -0.15) is 5.26 Å². The van der Waals surface area contributed by atoms with Gasteiger partial charge in [0.15, 0.2) is 6.07 Å². The molecule has 0 aliphatic carbocycles. The number of amides is 1. The summed E-state index contributed by atoms with van der Waals surface area (Å²) in [5.74, 6) is 5.06. The third-order valence-electron chi connectivity index (χ3n) is 2.44. The van der Waals surface area contributed by atoms with Gasteiger partial charge in [-0.05, 0) is 30.7 Å². The molecule has 0 saturated carbocycles. The Bertz CT molecular complexity index is 486. The molecule has 1 aromatic carbocycles. The van der Waals surface area contributed by atoms with Crippen molar-refractivity contribution in [3.05, 3.63) is 29.8 Å². The van der Waals surface area contributed by atoms with Crippen LogP contribution in [-0.4, -0.2) is 5.91 Å². The van der Waals surface area contributed by atoms with Crippen molar-refractivity contribution in [3.63, 3.8) is 0 Å². The molecule has 0 saturated heterocycles. The van der Waals surface area contributed by atoms with Crippen molar-refractivity contribution >= 4 is 11.6 Å². The summed E-state index contributed by atoms with van der Waals surface area (Å²) >= 11 is 0. The summed E-state index contributed by atoms with van der Waals surface area (Å²) in [5.41, 5.74) is 1.53. The standard InChI is InChI=1S/C15H16N2O/c1-2-3-4-7-15(18)17-14-10-8-13(9-11-14)6-5-12-16/h8-11H,2-4,7H2,1H3,(H,17,18). The second kappa shape index (κ2) is 7.92. The van der Waals surface area contributed by atoms with Gasteiger partial charge in [0.05, 0.1) is 0 Å². The molecule has 0 aromatic heterocycles. The summed E-state index contributed by atoms with van der Waals surface area (Å²) in [4.78, 5) is 11.6. The summed E-state index contributed by atoms with van der Waals surface area (Å²) in [6.45, 7) is 2.11. The van der Waals surface area contributed by atoms with Crippen molar-refractivity contribution in [3.8, 4) is 17.9 Å². The first-order chi connectivity index (χ1) is 8.76. The minimum Gasteiger partial charge on any atom is -0.326 e. The molecule has 1 rings (SSSR count). The number of nitriles is 1. The molecule has 0 unspecified atom stereocenters. The first-order valence-corrected chi connectivity index (χ1v) is 6.06. The van der Waals surface area contributed by atoms with Crippen molar-refractivity contribution in [1.82, 2.24) is 0 Å². The van der Waals surface area contributed by atoms with E-state index in [0.29, 0.717) is 6.42 Å². The summed E-state index contributed by atoms with van der Waals surface area (Å²) in [6.07, 6.45) is 3.67. The monoisotopic (exact) mass is 240 g/mol. The second-order valence-corrected chi connectivity index (χ2v) is 3.94. The molecule has 3 heteroatoms. The molecule has 18 heavy (non-hydrogen) atoms. The highest BCUT2D eigenvalue weighted by Gasteiger charge is 2.01. The Morgan fingerprint density at radius 3 is 2.61 bits per heavy atom. The maximum absolute atomic E-state index is 11.6. The highest BCUT2D eigenvalue weighted by atomic mass is 16.1. The van der Waals surface area contributed by atoms with Crippen LogP contribution in [-0.2, 0) is 4.79 Å². The van der Waals surface area contributed by atoms with Crippen LogP contribution < -0.4 is 5.32 Å². The lowest BCUT2D eigenvalue weighted by Gasteiger charge is -2.04. The Hall–Kier alpha value is -2.26. The van der Waals surface area contributed by atoms with E-state index in [0.717, 1.165) is 30.5 Å². The fourth-order valence-corrected chi connectivity index (χ4v) is 1.50. The van der Waals surface area contributed by atoms with Gasteiger partial charge in [-0.3, -0.25) is 4.79 Å². The first-order valence-electron chi connectivity index (χ1n) is 6.06. The van der Waals surface area contributed by atoms with Crippen LogP contribution in [0.2, 0.25) is 0 Å². The van der Waals surface area contributed by atoms with Crippen LogP contribution in [0.1, 0.15) is 38.2 Å². The summed E-state index contributed by atoms with van der Waals surface area (Å²) in [6, 6.07) is 8.91. The largest absolute Gasteiger partial charge is 0.326 e. The van der Waals surface area contributed by atoms with Gasteiger partial charge in [-0.25, -0.2) is 0 Å². The number of carbonyl (C=O) groups excluding carboxylic acids is 1. The lowest BCUT2D eigenvalue weighted by molar-refractivity contribution is -0.116. The van der Waals surface area contributed by atoms with Crippen LogP contribution in [0, 0.1) is 23.2 Å². The smallest absolute Gasteiger partial charge is 0.224 e. The van der Waals surface area contributed by atoms with Gasteiger partial charge in [0.1, 0.15) is 0 Å². The zero-order chi connectivity index (χ0) is 13.2. The van der Waals surface area contributed by atoms with E-state index in [2.05, 4.69) is 24.1 Å². The normalized spacial score (nSPS) is 8.89. The zero-order valence-corrected chi connectivity index (χ0v) is 10.5. The third-order valence-corrected chi connectivity index (χ3v) is 2.44. The van der Waals surface area contributed by atoms with E-state index in [-0.39, 0.29) is 5.91 Å². The molecule has 0 spiro atoms. The van der Waals surface area contributed by atoms with Crippen molar-refractivity contribution in [2.24, 2.45) is 0 Å². The molecule has 1 N–H and O–H groups in total. The minimum atomic E-state index is 0.0410. The number of anilines is 1. The molecule has 0 fully saturated rings. The molecule has 0 atom stereocenters. The predicted molar refractivity (Wildman–Crippen MR) is 71.7 cm³/mol. The van der Waals surface area contributed by atoms with Crippen LogP contribution in [0.3, 0.4) is 0 Å². The summed E-state index contributed by atoms with van der Waals surface area (Å²) in [5, 5.41) is 11.2. The number of nitrogens with one attached hydrogen (secondary N) is 1. The molecule has 0 aliphatic heterocycles. The fraction of sp³-hybridized carbons (Fsp3) is 0.333. The lowest BCUT2D eigenvalue weighted by Crippen LogP contribution is -2.10. The van der Waals surface area contributed by atoms with Gasteiger partial charge in [0.25, 0.3) is 0 Å². The zero-order valence-electron chi connectivity index (χ0n) is 10.5. The average molecular weight is 240 g/mol. The van der Waals surface area contributed by atoms with Crippen LogP contribution in [0.25, 0.3) is 0 Å². The van der Waals surface area contributed by atoms with E-state index >= 15 is 0 Å². The van der Waals surface area contributed by atoms with Crippen LogP contribution in [0.4, 0.5) is 5.69 Å². The van der Waals surface area contributed by atoms with E-state index < -0.39 is 0 Å². The Kier molecular flexibility index (Phi) is 6.08. The molecule has 3 nitrogen and oxygen atoms in total. The number of hydrogen-bond acceptors (Lipinski definition) is 2. The van der Waals surface area contributed by atoms with Gasteiger partial charge < -0.3 is 5.32 Å². The topological polar surface area (TPSA) is 52.9 Å². The molecule has 92 valence electrons. The van der Waals surface area contributed by atoms with Gasteiger partial charge in [0.2, 0.25) is 5.91 Å². The molecular weight excluding hydrogens is 224 g/mol. The molecule has 1 amide bonds. The summed E-state index contributed by atoms with van der Waals surface area (Å²) < 4.78 is 0. The average Bonchev–Trinajstić information content (AvgIpc) is 2.38. The van der Waals surface area contributed by atoms with E-state index in [1.807, 2.05) is 0 Å². The molecule has 0 heterocycles. The molecule has 1 aromatic rings. The Morgan fingerprint density at radius 1 is 1.28 bits per heavy atom. The van der Waals surface area contributed by atoms with E-state index in [1.54, 1.807) is 30.3 Å². The molecular formula is C15H16N2O. The maximum Gasteiger partial charge on any atom is 0.224 e. The van der Waals surface area contributed by atoms with Crippen molar-refractivity contribution in [1.29, 1.82) is 5.26 Å². The van der Waals surface area contributed by atoms with Gasteiger partial charge in [-0.15, -0.1) is 0 Å². The fourth-order valence-electron chi connectivity index (χ4n) is 1.50. The van der Waals surface area contributed by atoms with Gasteiger partial charge in [0, 0.05) is 23.6 Å². The highest BCUT2D eigenvalue weighted by molar-refractivity contribution is 5.90. The number of carbonyl (C=O) groups is 1. The van der Waals surface area contributed by atoms with Gasteiger partial charge >= 0.3 is 0 Å². The SMILES string of the molecule is CCCCCC(=O)Nc1ccc(C#CC#N)cc1. The van der Waals surface area contributed by atoms with Crippen molar-refractivity contribution in [2.45, 2.75) is 32.6 Å². The second-order valence-electron chi connectivity index (χ2n) is 3.94. The minimum absolute atomic E-state index is 0.0410. The Balaban J connectivity index is 2.48. The quantitative estimate of drug-likeness (QED) is 0.635. The van der Waals surface area contributed by atoms with Crippen LogP contribution >= 0.6 is 0 Å². The number of unbranched alkanes of at least 4 members (excludes halogenated alkanes) is 2.